The van der Waals surface area contributed by atoms with E-state index in [9.17, 15) is 4.79 Å². The van der Waals surface area contributed by atoms with Crippen LogP contribution in [0.4, 0.5) is 0 Å². The van der Waals surface area contributed by atoms with E-state index in [0.717, 1.165) is 11.5 Å². The van der Waals surface area contributed by atoms with E-state index in [4.69, 9.17) is 4.74 Å². The zero-order chi connectivity index (χ0) is 17.9. The second kappa shape index (κ2) is 7.01. The molecule has 4 rings (SSSR count). The highest BCUT2D eigenvalue weighted by molar-refractivity contribution is 5.94. The lowest BCUT2D eigenvalue weighted by molar-refractivity contribution is -0.0248. The summed E-state index contributed by atoms with van der Waals surface area (Å²) in [6.45, 7) is 3.31. The van der Waals surface area contributed by atoms with E-state index in [-0.39, 0.29) is 12.0 Å². The molecular weight excluding hydrogens is 332 g/mol. The van der Waals surface area contributed by atoms with Crippen molar-refractivity contribution in [2.75, 3.05) is 19.7 Å². The van der Waals surface area contributed by atoms with Gasteiger partial charge in [-0.25, -0.2) is 19.9 Å². The Morgan fingerprint density at radius 2 is 2.15 bits per heavy atom. The second-order valence-electron chi connectivity index (χ2n) is 6.01. The van der Waals surface area contributed by atoms with Gasteiger partial charge in [0, 0.05) is 31.3 Å². The van der Waals surface area contributed by atoms with Crippen molar-refractivity contribution >= 4 is 5.91 Å². The summed E-state index contributed by atoms with van der Waals surface area (Å²) in [5, 5.41) is 0. The molecule has 4 heterocycles. The minimum atomic E-state index is -0.243. The van der Waals surface area contributed by atoms with Crippen molar-refractivity contribution in [3.8, 4) is 5.82 Å². The normalized spacial score (nSPS) is 17.3. The molecule has 0 unspecified atom stereocenters. The third kappa shape index (κ3) is 3.31. The molecule has 132 valence electrons. The highest BCUT2D eigenvalue weighted by Gasteiger charge is 2.27. The molecule has 0 radical (unpaired) electrons. The number of ether oxygens (including phenoxy) is 1. The van der Waals surface area contributed by atoms with Crippen molar-refractivity contribution in [1.82, 2.24) is 29.4 Å². The zero-order valence-electron chi connectivity index (χ0n) is 14.3. The lowest BCUT2D eigenvalue weighted by Crippen LogP contribution is -2.42. The number of morpholine rings is 1. The van der Waals surface area contributed by atoms with E-state index in [1.165, 1.54) is 0 Å². The minimum absolute atomic E-state index is 0.0613. The molecule has 1 fully saturated rings. The van der Waals surface area contributed by atoms with Gasteiger partial charge in [-0.05, 0) is 25.1 Å². The van der Waals surface area contributed by atoms with Gasteiger partial charge in [0.15, 0.2) is 0 Å². The molecular formula is C18H18N6O2. The van der Waals surface area contributed by atoms with Crippen LogP contribution >= 0.6 is 0 Å². The Morgan fingerprint density at radius 1 is 1.23 bits per heavy atom. The molecule has 3 aromatic rings. The maximum atomic E-state index is 12.8. The minimum Gasteiger partial charge on any atom is -0.368 e. The highest BCUT2D eigenvalue weighted by atomic mass is 16.5. The molecule has 3 aromatic heterocycles. The number of carbonyl (C=O) groups is 1. The lowest BCUT2D eigenvalue weighted by Gasteiger charge is -2.32. The number of nitrogens with zero attached hydrogens (tertiary/aromatic N) is 6. The van der Waals surface area contributed by atoms with Crippen LogP contribution in [-0.2, 0) is 4.74 Å². The number of hydrogen-bond acceptors (Lipinski definition) is 6. The number of aromatic nitrogens is 5. The fourth-order valence-electron chi connectivity index (χ4n) is 2.91. The second-order valence-corrected chi connectivity index (χ2v) is 6.01. The van der Waals surface area contributed by atoms with Crippen LogP contribution in [0.25, 0.3) is 5.82 Å². The number of rotatable bonds is 3. The summed E-state index contributed by atoms with van der Waals surface area (Å²) < 4.78 is 7.58. The van der Waals surface area contributed by atoms with Gasteiger partial charge >= 0.3 is 0 Å². The lowest BCUT2D eigenvalue weighted by atomic mass is 10.1. The molecule has 1 aliphatic rings. The van der Waals surface area contributed by atoms with Gasteiger partial charge in [0.2, 0.25) is 0 Å². The first-order valence-electron chi connectivity index (χ1n) is 8.35. The van der Waals surface area contributed by atoms with Crippen molar-refractivity contribution in [3.63, 3.8) is 0 Å². The molecule has 1 aliphatic heterocycles. The van der Waals surface area contributed by atoms with Crippen LogP contribution in [0.1, 0.15) is 28.0 Å². The van der Waals surface area contributed by atoms with Gasteiger partial charge in [0.1, 0.15) is 24.1 Å². The standard InChI is InChI=1S/C18H18N6O2/c1-13-20-5-4-15(22-13)16-11-23(8-9-26-16)18(25)14-2-3-17(21-10-14)24-7-6-19-12-24/h2-7,10,12,16H,8-9,11H2,1H3/t16-/m1/s1. The maximum absolute atomic E-state index is 12.8. The molecule has 8 heteroatoms. The summed E-state index contributed by atoms with van der Waals surface area (Å²) in [4.78, 5) is 31.5. The Hall–Kier alpha value is -3.13. The average Bonchev–Trinajstić information content (AvgIpc) is 3.22. The Morgan fingerprint density at radius 3 is 2.88 bits per heavy atom. The summed E-state index contributed by atoms with van der Waals surface area (Å²) in [5.41, 5.74) is 1.34. The SMILES string of the molecule is Cc1nccc([C@H]2CN(C(=O)c3ccc(-n4ccnc4)nc3)CCO2)n1. The number of aryl methyl sites for hydroxylation is 1. The molecule has 0 aromatic carbocycles. The van der Waals surface area contributed by atoms with Crippen LogP contribution in [0, 0.1) is 6.92 Å². The van der Waals surface area contributed by atoms with Crippen molar-refractivity contribution in [3.05, 3.63) is 66.4 Å². The van der Waals surface area contributed by atoms with E-state index in [1.54, 1.807) is 52.7 Å². The fourth-order valence-corrected chi connectivity index (χ4v) is 2.91. The molecule has 1 saturated heterocycles. The largest absolute Gasteiger partial charge is 0.368 e. The summed E-state index contributed by atoms with van der Waals surface area (Å²) in [5.74, 6) is 1.35. The van der Waals surface area contributed by atoms with E-state index < -0.39 is 0 Å². The van der Waals surface area contributed by atoms with E-state index in [2.05, 4.69) is 19.9 Å². The number of pyridine rings is 1. The Bertz CT molecular complexity index is 894. The van der Waals surface area contributed by atoms with Gasteiger partial charge in [-0.1, -0.05) is 0 Å². The number of amides is 1. The third-order valence-electron chi connectivity index (χ3n) is 4.24. The first-order chi connectivity index (χ1) is 12.7. The van der Waals surface area contributed by atoms with Crippen molar-refractivity contribution in [2.24, 2.45) is 0 Å². The summed E-state index contributed by atoms with van der Waals surface area (Å²) >= 11 is 0. The zero-order valence-corrected chi connectivity index (χ0v) is 14.3. The molecule has 0 bridgehead atoms. The van der Waals surface area contributed by atoms with Gasteiger partial charge in [-0.15, -0.1) is 0 Å². The molecule has 8 nitrogen and oxygen atoms in total. The van der Waals surface area contributed by atoms with E-state index in [0.29, 0.717) is 31.1 Å². The van der Waals surface area contributed by atoms with Crippen LogP contribution in [0.15, 0.2) is 49.3 Å². The smallest absolute Gasteiger partial charge is 0.255 e. The molecule has 0 aliphatic carbocycles. The Labute approximate surface area is 150 Å². The van der Waals surface area contributed by atoms with Crippen molar-refractivity contribution in [1.29, 1.82) is 0 Å². The molecule has 0 N–H and O–H groups in total. The van der Waals surface area contributed by atoms with Crippen LogP contribution in [0.5, 0.6) is 0 Å². The quantitative estimate of drug-likeness (QED) is 0.713. The van der Waals surface area contributed by atoms with Crippen LogP contribution in [0.3, 0.4) is 0 Å². The summed E-state index contributed by atoms with van der Waals surface area (Å²) in [6.07, 6.45) is 8.22. The van der Waals surface area contributed by atoms with Gasteiger partial charge in [0.25, 0.3) is 5.91 Å². The number of imidazole rings is 1. The molecule has 26 heavy (non-hydrogen) atoms. The molecule has 1 atom stereocenters. The monoisotopic (exact) mass is 350 g/mol. The van der Waals surface area contributed by atoms with Crippen LogP contribution < -0.4 is 0 Å². The van der Waals surface area contributed by atoms with E-state index >= 15 is 0 Å². The predicted molar refractivity (Wildman–Crippen MR) is 92.7 cm³/mol. The van der Waals surface area contributed by atoms with Crippen molar-refractivity contribution in [2.45, 2.75) is 13.0 Å². The third-order valence-corrected chi connectivity index (χ3v) is 4.24. The fraction of sp³-hybridized carbons (Fsp3) is 0.278. The number of hydrogen-bond donors (Lipinski definition) is 0. The van der Waals surface area contributed by atoms with Crippen LogP contribution in [-0.4, -0.2) is 55.0 Å². The van der Waals surface area contributed by atoms with Gasteiger partial charge in [-0.2, -0.15) is 0 Å². The average molecular weight is 350 g/mol. The summed E-state index contributed by atoms with van der Waals surface area (Å²) in [7, 11) is 0. The Kier molecular flexibility index (Phi) is 4.40. The highest BCUT2D eigenvalue weighted by Crippen LogP contribution is 2.21. The molecule has 0 spiro atoms. The van der Waals surface area contributed by atoms with Gasteiger partial charge in [0.05, 0.1) is 24.4 Å². The first kappa shape index (κ1) is 16.3. The predicted octanol–water partition coefficient (Wildman–Crippen LogP) is 1.58. The van der Waals surface area contributed by atoms with Gasteiger partial charge in [-0.3, -0.25) is 9.36 Å². The summed E-state index contributed by atoms with van der Waals surface area (Å²) in [6, 6.07) is 5.41. The van der Waals surface area contributed by atoms with Crippen LogP contribution in [0.2, 0.25) is 0 Å². The van der Waals surface area contributed by atoms with Gasteiger partial charge < -0.3 is 9.64 Å². The topological polar surface area (TPSA) is 86.0 Å². The maximum Gasteiger partial charge on any atom is 0.255 e. The first-order valence-corrected chi connectivity index (χ1v) is 8.35. The molecule has 0 saturated carbocycles. The molecule has 1 amide bonds. The van der Waals surface area contributed by atoms with E-state index in [1.807, 2.05) is 13.0 Å². The number of carbonyl (C=O) groups excluding carboxylic acids is 1. The van der Waals surface area contributed by atoms with Crippen molar-refractivity contribution < 1.29 is 9.53 Å². The Balaban J connectivity index is 1.49.